The number of carbonyl (C=O) groups is 1. The number of amides is 1. The van der Waals surface area contributed by atoms with E-state index in [1.807, 2.05) is 0 Å². The second-order valence-corrected chi connectivity index (χ2v) is 5.28. The zero-order valence-electron chi connectivity index (χ0n) is 12.1. The van der Waals surface area contributed by atoms with Crippen LogP contribution < -0.4 is 5.32 Å². The number of halogens is 4. The van der Waals surface area contributed by atoms with Crippen LogP contribution in [0.5, 0.6) is 0 Å². The second kappa shape index (κ2) is 6.48. The van der Waals surface area contributed by atoms with Crippen molar-refractivity contribution < 1.29 is 22.9 Å². The highest BCUT2D eigenvalue weighted by molar-refractivity contribution is 6.34. The van der Waals surface area contributed by atoms with Crippen molar-refractivity contribution in [2.75, 3.05) is 5.32 Å². The zero-order chi connectivity index (χ0) is 18.1. The van der Waals surface area contributed by atoms with Crippen LogP contribution >= 0.6 is 11.6 Å². The van der Waals surface area contributed by atoms with Gasteiger partial charge in [0.1, 0.15) is 5.56 Å². The fourth-order valence-electron chi connectivity index (χ4n) is 2.07. The maximum Gasteiger partial charge on any atom is 0.416 e. The number of nitrogens with one attached hydrogen (secondary N) is 1. The third kappa shape index (κ3) is 3.65. The van der Waals surface area contributed by atoms with Crippen LogP contribution in [0.2, 0.25) is 5.02 Å². The lowest BCUT2D eigenvalue weighted by Crippen LogP contribution is -2.15. The van der Waals surface area contributed by atoms with Crippen molar-refractivity contribution in [1.82, 2.24) is 0 Å². The molecule has 0 atom stereocenters. The van der Waals surface area contributed by atoms with Crippen LogP contribution in [-0.2, 0) is 6.18 Å². The number of carbonyl (C=O) groups excluding carboxylic acids is 1. The summed E-state index contributed by atoms with van der Waals surface area (Å²) in [6, 6.07) is 6.53. The summed E-state index contributed by atoms with van der Waals surface area (Å²) in [7, 11) is 0. The van der Waals surface area contributed by atoms with E-state index < -0.39 is 28.3 Å². The van der Waals surface area contributed by atoms with Crippen molar-refractivity contribution in [3.8, 4) is 0 Å². The lowest BCUT2D eigenvalue weighted by Gasteiger charge is -2.12. The van der Waals surface area contributed by atoms with E-state index in [-0.39, 0.29) is 21.8 Å². The van der Waals surface area contributed by atoms with E-state index in [2.05, 4.69) is 5.32 Å². The highest BCUT2D eigenvalue weighted by atomic mass is 35.5. The van der Waals surface area contributed by atoms with Gasteiger partial charge in [0.2, 0.25) is 0 Å². The number of nitro groups is 1. The Balaban J connectivity index is 2.41. The Hall–Kier alpha value is -2.61. The lowest BCUT2D eigenvalue weighted by molar-refractivity contribution is -0.385. The van der Waals surface area contributed by atoms with Crippen molar-refractivity contribution in [3.05, 3.63) is 68.2 Å². The molecule has 2 aromatic rings. The first-order valence-corrected chi connectivity index (χ1v) is 6.91. The molecule has 5 nitrogen and oxygen atoms in total. The monoisotopic (exact) mass is 358 g/mol. The Kier molecular flexibility index (Phi) is 4.79. The first kappa shape index (κ1) is 17.7. The average Bonchev–Trinajstić information content (AvgIpc) is 2.47. The van der Waals surface area contributed by atoms with Crippen molar-refractivity contribution >= 4 is 28.9 Å². The molecule has 2 rings (SSSR count). The molecule has 0 heterocycles. The van der Waals surface area contributed by atoms with Gasteiger partial charge in [-0.25, -0.2) is 0 Å². The van der Waals surface area contributed by atoms with E-state index in [9.17, 15) is 28.1 Å². The molecule has 0 unspecified atom stereocenters. The number of benzene rings is 2. The summed E-state index contributed by atoms with van der Waals surface area (Å²) in [5.41, 5.74) is -1.72. The number of nitro benzene ring substituents is 1. The number of nitrogens with zero attached hydrogens (tertiary/aromatic N) is 1. The van der Waals surface area contributed by atoms with Gasteiger partial charge < -0.3 is 5.32 Å². The molecule has 0 aliphatic rings. The number of hydrogen-bond donors (Lipinski definition) is 1. The van der Waals surface area contributed by atoms with Crippen molar-refractivity contribution in [3.63, 3.8) is 0 Å². The van der Waals surface area contributed by atoms with Gasteiger partial charge in [0.15, 0.2) is 0 Å². The van der Waals surface area contributed by atoms with E-state index in [1.54, 1.807) is 0 Å². The molecule has 0 spiro atoms. The molecule has 2 aromatic carbocycles. The topological polar surface area (TPSA) is 72.2 Å². The number of rotatable bonds is 3. The maximum absolute atomic E-state index is 12.7. The van der Waals surface area contributed by atoms with Gasteiger partial charge in [-0.3, -0.25) is 14.9 Å². The van der Waals surface area contributed by atoms with Gasteiger partial charge in [0.25, 0.3) is 11.6 Å². The predicted octanol–water partition coefficient (Wildman–Crippen LogP) is 4.83. The molecule has 1 amide bonds. The number of anilines is 1. The molecule has 24 heavy (non-hydrogen) atoms. The summed E-state index contributed by atoms with van der Waals surface area (Å²) in [5.74, 6) is -0.924. The molecule has 126 valence electrons. The zero-order valence-corrected chi connectivity index (χ0v) is 12.9. The Morgan fingerprint density at radius 2 is 1.92 bits per heavy atom. The number of aryl methyl sites for hydroxylation is 1. The van der Waals surface area contributed by atoms with Gasteiger partial charge in [0, 0.05) is 5.56 Å². The summed E-state index contributed by atoms with van der Waals surface area (Å²) in [5, 5.41) is 13.2. The molecular formula is C15H10ClF3N2O3. The van der Waals surface area contributed by atoms with Crippen molar-refractivity contribution in [2.45, 2.75) is 13.1 Å². The summed E-state index contributed by atoms with van der Waals surface area (Å²) < 4.78 is 38.2. The first-order valence-electron chi connectivity index (χ1n) is 6.53. The van der Waals surface area contributed by atoms with E-state index in [0.717, 1.165) is 12.1 Å². The van der Waals surface area contributed by atoms with Gasteiger partial charge in [-0.2, -0.15) is 13.2 Å². The standard InChI is InChI=1S/C15H10ClF3N2O3/c1-8-3-2-4-10(13(8)21(23)24)14(22)20-12-7-9(15(17,18)19)5-6-11(12)16/h2-7H,1H3,(H,20,22). The first-order chi connectivity index (χ1) is 11.1. The third-order valence-electron chi connectivity index (χ3n) is 3.21. The van der Waals surface area contributed by atoms with Crippen LogP contribution in [0, 0.1) is 17.0 Å². The average molecular weight is 359 g/mol. The molecule has 0 aliphatic carbocycles. The Morgan fingerprint density at radius 3 is 2.50 bits per heavy atom. The fraction of sp³-hybridized carbons (Fsp3) is 0.133. The van der Waals surface area contributed by atoms with E-state index in [0.29, 0.717) is 6.07 Å². The van der Waals surface area contributed by atoms with Gasteiger partial charge in [-0.05, 0) is 31.2 Å². The smallest absolute Gasteiger partial charge is 0.320 e. The van der Waals surface area contributed by atoms with Gasteiger partial charge >= 0.3 is 6.18 Å². The molecular weight excluding hydrogens is 349 g/mol. The second-order valence-electron chi connectivity index (χ2n) is 4.87. The van der Waals surface area contributed by atoms with Crippen molar-refractivity contribution in [2.24, 2.45) is 0 Å². The van der Waals surface area contributed by atoms with Crippen LogP contribution in [0.15, 0.2) is 36.4 Å². The van der Waals surface area contributed by atoms with E-state index in [4.69, 9.17) is 11.6 Å². The minimum Gasteiger partial charge on any atom is -0.320 e. The van der Waals surface area contributed by atoms with Crippen LogP contribution in [-0.4, -0.2) is 10.8 Å². The summed E-state index contributed by atoms with van der Waals surface area (Å²) in [6.07, 6.45) is -4.61. The molecule has 0 fully saturated rings. The number of para-hydroxylation sites is 1. The molecule has 0 aliphatic heterocycles. The number of alkyl halides is 3. The fourth-order valence-corrected chi connectivity index (χ4v) is 2.24. The van der Waals surface area contributed by atoms with Crippen LogP contribution in [0.1, 0.15) is 21.5 Å². The molecule has 0 bridgehead atoms. The van der Waals surface area contributed by atoms with Crippen LogP contribution in [0.25, 0.3) is 0 Å². The van der Waals surface area contributed by atoms with Crippen LogP contribution in [0.3, 0.4) is 0 Å². The van der Waals surface area contributed by atoms with Crippen LogP contribution in [0.4, 0.5) is 24.5 Å². The molecule has 1 N–H and O–H groups in total. The Labute approximate surface area is 139 Å². The predicted molar refractivity (Wildman–Crippen MR) is 82.2 cm³/mol. The van der Waals surface area contributed by atoms with E-state index >= 15 is 0 Å². The summed E-state index contributed by atoms with van der Waals surface area (Å²) in [6.45, 7) is 1.45. The molecule has 0 saturated carbocycles. The van der Waals surface area contributed by atoms with Gasteiger partial charge in [0.05, 0.1) is 21.2 Å². The van der Waals surface area contributed by atoms with E-state index in [1.165, 1.54) is 25.1 Å². The molecule has 0 aromatic heterocycles. The minimum absolute atomic E-state index is 0.119. The van der Waals surface area contributed by atoms with Crippen molar-refractivity contribution in [1.29, 1.82) is 0 Å². The molecule has 9 heteroatoms. The highest BCUT2D eigenvalue weighted by Gasteiger charge is 2.31. The summed E-state index contributed by atoms with van der Waals surface area (Å²) >= 11 is 5.80. The SMILES string of the molecule is Cc1cccc(C(=O)Nc2cc(C(F)(F)F)ccc2Cl)c1[N+](=O)[O-]. The third-order valence-corrected chi connectivity index (χ3v) is 3.54. The highest BCUT2D eigenvalue weighted by Crippen LogP contribution is 2.34. The maximum atomic E-state index is 12.7. The van der Waals surface area contributed by atoms with Gasteiger partial charge in [-0.15, -0.1) is 0 Å². The lowest BCUT2D eigenvalue weighted by atomic mass is 10.1. The normalized spacial score (nSPS) is 11.2. The number of hydrogen-bond acceptors (Lipinski definition) is 3. The molecule has 0 saturated heterocycles. The minimum atomic E-state index is -4.61. The quantitative estimate of drug-likeness (QED) is 0.631. The van der Waals surface area contributed by atoms with Gasteiger partial charge in [-0.1, -0.05) is 23.7 Å². The largest absolute Gasteiger partial charge is 0.416 e. The molecule has 0 radical (unpaired) electrons. The Morgan fingerprint density at radius 1 is 1.25 bits per heavy atom. The summed E-state index contributed by atoms with van der Waals surface area (Å²) in [4.78, 5) is 22.6. The Bertz CT molecular complexity index is 822.